The van der Waals surface area contributed by atoms with Crippen molar-refractivity contribution in [2.45, 2.75) is 6.18 Å². The van der Waals surface area contributed by atoms with Gasteiger partial charge >= 0.3 is 11.8 Å². The highest BCUT2D eigenvalue weighted by atomic mass is 19.4. The molecule has 0 saturated carbocycles. The molecule has 0 fully saturated rings. The van der Waals surface area contributed by atoms with Crippen molar-refractivity contribution < 1.29 is 22.3 Å². The second-order valence-corrected chi connectivity index (χ2v) is 4.87. The SMILES string of the molecule is COc1ccc2c(C(F)(F)F)c(-c3ccccc3)c(=O)oc2c1. The van der Waals surface area contributed by atoms with E-state index in [1.165, 1.54) is 37.4 Å². The van der Waals surface area contributed by atoms with Gasteiger partial charge < -0.3 is 9.15 Å². The highest BCUT2D eigenvalue weighted by molar-refractivity contribution is 5.88. The third-order valence-corrected chi connectivity index (χ3v) is 3.46. The molecule has 0 aliphatic carbocycles. The van der Waals surface area contributed by atoms with Crippen LogP contribution in [0, 0.1) is 0 Å². The fourth-order valence-electron chi connectivity index (χ4n) is 2.47. The summed E-state index contributed by atoms with van der Waals surface area (Å²) in [5, 5.41) is -0.184. The molecule has 0 N–H and O–H groups in total. The van der Waals surface area contributed by atoms with Gasteiger partial charge in [0.15, 0.2) is 0 Å². The van der Waals surface area contributed by atoms with E-state index in [1.807, 2.05) is 0 Å². The molecule has 3 rings (SSSR count). The Kier molecular flexibility index (Phi) is 3.60. The zero-order valence-electron chi connectivity index (χ0n) is 12.0. The molecule has 2 aromatic carbocycles. The van der Waals surface area contributed by atoms with Gasteiger partial charge in [-0.15, -0.1) is 0 Å². The minimum absolute atomic E-state index is 0.159. The molecule has 0 unspecified atom stereocenters. The first-order valence-corrected chi connectivity index (χ1v) is 6.69. The van der Waals surface area contributed by atoms with Crippen LogP contribution in [0.25, 0.3) is 22.1 Å². The Balaban J connectivity index is 2.45. The molecule has 0 aliphatic rings. The highest BCUT2D eigenvalue weighted by Gasteiger charge is 2.38. The van der Waals surface area contributed by atoms with E-state index in [0.717, 1.165) is 0 Å². The molecule has 0 aliphatic heterocycles. The topological polar surface area (TPSA) is 39.4 Å². The lowest BCUT2D eigenvalue weighted by Gasteiger charge is -2.15. The molecular weight excluding hydrogens is 309 g/mol. The Bertz CT molecular complexity index is 912. The third-order valence-electron chi connectivity index (χ3n) is 3.46. The van der Waals surface area contributed by atoms with Gasteiger partial charge in [-0.25, -0.2) is 4.79 Å². The molecule has 3 nitrogen and oxygen atoms in total. The first-order valence-electron chi connectivity index (χ1n) is 6.69. The van der Waals surface area contributed by atoms with E-state index in [4.69, 9.17) is 9.15 Å². The normalized spacial score (nSPS) is 11.7. The number of hydrogen-bond donors (Lipinski definition) is 0. The van der Waals surface area contributed by atoms with Gasteiger partial charge in [0.05, 0.1) is 18.2 Å². The van der Waals surface area contributed by atoms with Crippen LogP contribution in [-0.2, 0) is 6.18 Å². The largest absolute Gasteiger partial charge is 0.497 e. The number of benzene rings is 2. The summed E-state index contributed by atoms with van der Waals surface area (Å²) in [6.07, 6.45) is -4.70. The molecule has 0 saturated heterocycles. The molecule has 1 heterocycles. The van der Waals surface area contributed by atoms with Gasteiger partial charge in [0.1, 0.15) is 11.3 Å². The van der Waals surface area contributed by atoms with Crippen molar-refractivity contribution in [2.24, 2.45) is 0 Å². The van der Waals surface area contributed by atoms with Crippen LogP contribution in [-0.4, -0.2) is 7.11 Å². The maximum atomic E-state index is 13.6. The molecule has 0 atom stereocenters. The molecule has 23 heavy (non-hydrogen) atoms. The van der Waals surface area contributed by atoms with E-state index in [1.54, 1.807) is 18.2 Å². The maximum Gasteiger partial charge on any atom is 0.417 e. The molecule has 0 spiro atoms. The maximum absolute atomic E-state index is 13.6. The van der Waals surface area contributed by atoms with Crippen LogP contribution in [0.1, 0.15) is 5.56 Å². The van der Waals surface area contributed by atoms with E-state index >= 15 is 0 Å². The Labute approximate surface area is 128 Å². The molecule has 1 aromatic heterocycles. The van der Waals surface area contributed by atoms with Gasteiger partial charge in [-0.3, -0.25) is 0 Å². The van der Waals surface area contributed by atoms with E-state index < -0.39 is 22.9 Å². The molecule has 0 amide bonds. The quantitative estimate of drug-likeness (QED) is 0.653. The Morgan fingerprint density at radius 3 is 2.35 bits per heavy atom. The molecule has 0 bridgehead atoms. The summed E-state index contributed by atoms with van der Waals surface area (Å²) in [5.74, 6) is 0.307. The number of halogens is 3. The van der Waals surface area contributed by atoms with Crippen LogP contribution in [0.5, 0.6) is 5.75 Å². The van der Waals surface area contributed by atoms with Gasteiger partial charge in [0, 0.05) is 11.5 Å². The fourth-order valence-corrected chi connectivity index (χ4v) is 2.47. The number of rotatable bonds is 2. The van der Waals surface area contributed by atoms with Gasteiger partial charge in [0.25, 0.3) is 0 Å². The number of ether oxygens (including phenoxy) is 1. The van der Waals surface area contributed by atoms with E-state index in [0.29, 0.717) is 5.75 Å². The average Bonchev–Trinajstić information content (AvgIpc) is 2.52. The number of alkyl halides is 3. The van der Waals surface area contributed by atoms with Crippen molar-refractivity contribution in [3.63, 3.8) is 0 Å². The van der Waals surface area contributed by atoms with Crippen LogP contribution in [0.3, 0.4) is 0 Å². The van der Waals surface area contributed by atoms with Crippen molar-refractivity contribution in [3.8, 4) is 16.9 Å². The van der Waals surface area contributed by atoms with Crippen molar-refractivity contribution in [1.29, 1.82) is 0 Å². The van der Waals surface area contributed by atoms with Crippen molar-refractivity contribution >= 4 is 11.0 Å². The van der Waals surface area contributed by atoms with Gasteiger partial charge in [0.2, 0.25) is 0 Å². The van der Waals surface area contributed by atoms with E-state index in [-0.39, 0.29) is 16.5 Å². The molecule has 6 heteroatoms. The van der Waals surface area contributed by atoms with E-state index in [2.05, 4.69) is 0 Å². The fraction of sp³-hybridized carbons (Fsp3) is 0.118. The minimum atomic E-state index is -4.70. The van der Waals surface area contributed by atoms with Crippen molar-refractivity contribution in [2.75, 3.05) is 7.11 Å². The monoisotopic (exact) mass is 320 g/mol. The van der Waals surface area contributed by atoms with Crippen LogP contribution < -0.4 is 10.4 Å². The van der Waals surface area contributed by atoms with Gasteiger partial charge in [-0.05, 0) is 17.7 Å². The van der Waals surface area contributed by atoms with Crippen molar-refractivity contribution in [3.05, 3.63) is 64.5 Å². The molecule has 0 radical (unpaired) electrons. The first kappa shape index (κ1) is 15.1. The van der Waals surface area contributed by atoms with Gasteiger partial charge in [-0.2, -0.15) is 13.2 Å². The van der Waals surface area contributed by atoms with Crippen LogP contribution in [0.2, 0.25) is 0 Å². The molecule has 3 aromatic rings. The Hall–Kier alpha value is -2.76. The number of fused-ring (bicyclic) bond motifs is 1. The summed E-state index contributed by atoms with van der Waals surface area (Å²) < 4.78 is 50.9. The summed E-state index contributed by atoms with van der Waals surface area (Å²) >= 11 is 0. The smallest absolute Gasteiger partial charge is 0.417 e. The third kappa shape index (κ3) is 2.67. The summed E-state index contributed by atoms with van der Waals surface area (Å²) in [5.41, 5.74) is -2.54. The van der Waals surface area contributed by atoms with Gasteiger partial charge in [-0.1, -0.05) is 30.3 Å². The lowest BCUT2D eigenvalue weighted by Crippen LogP contribution is -2.16. The summed E-state index contributed by atoms with van der Waals surface area (Å²) in [4.78, 5) is 12.2. The van der Waals surface area contributed by atoms with Crippen molar-refractivity contribution in [1.82, 2.24) is 0 Å². The lowest BCUT2D eigenvalue weighted by atomic mass is 9.98. The second kappa shape index (κ2) is 5.46. The van der Waals surface area contributed by atoms with Crippen LogP contribution in [0.15, 0.2) is 57.7 Å². The first-order chi connectivity index (χ1) is 10.9. The van der Waals surface area contributed by atoms with Crippen LogP contribution >= 0.6 is 0 Å². The zero-order chi connectivity index (χ0) is 16.6. The predicted molar refractivity (Wildman–Crippen MR) is 79.5 cm³/mol. The molecular formula is C17H11F3O3. The lowest BCUT2D eigenvalue weighted by molar-refractivity contribution is -0.136. The minimum Gasteiger partial charge on any atom is -0.497 e. The Morgan fingerprint density at radius 2 is 1.74 bits per heavy atom. The summed E-state index contributed by atoms with van der Waals surface area (Å²) in [6.45, 7) is 0. The standard InChI is InChI=1S/C17H11F3O3/c1-22-11-7-8-12-13(9-11)23-16(21)14(15(12)17(18,19)20)10-5-3-2-4-6-10/h2-9H,1H3. The highest BCUT2D eigenvalue weighted by Crippen LogP contribution is 2.40. The summed E-state index contributed by atoms with van der Waals surface area (Å²) in [6, 6.07) is 11.6. The Morgan fingerprint density at radius 1 is 1.04 bits per heavy atom. The predicted octanol–water partition coefficient (Wildman–Crippen LogP) is 4.49. The second-order valence-electron chi connectivity index (χ2n) is 4.87. The zero-order valence-corrected chi connectivity index (χ0v) is 12.0. The number of methoxy groups -OCH3 is 1. The summed E-state index contributed by atoms with van der Waals surface area (Å²) in [7, 11) is 1.38. The number of hydrogen-bond acceptors (Lipinski definition) is 3. The average molecular weight is 320 g/mol. The van der Waals surface area contributed by atoms with E-state index in [9.17, 15) is 18.0 Å². The molecule has 118 valence electrons. The van der Waals surface area contributed by atoms with Crippen LogP contribution in [0.4, 0.5) is 13.2 Å².